The van der Waals surface area contributed by atoms with Crippen LogP contribution in [0.2, 0.25) is 0 Å². The molecule has 1 amide bonds. The van der Waals surface area contributed by atoms with Gasteiger partial charge in [0.15, 0.2) is 5.76 Å². The number of ether oxygens (including phenoxy) is 1. The predicted molar refractivity (Wildman–Crippen MR) is 91.5 cm³/mol. The third kappa shape index (κ3) is 3.24. The second-order valence-corrected chi connectivity index (χ2v) is 6.76. The molecule has 2 aliphatic heterocycles. The molecule has 0 radical (unpaired) electrons. The molecule has 0 aromatic carbocycles. The van der Waals surface area contributed by atoms with Crippen LogP contribution in [0.1, 0.15) is 29.2 Å². The molecule has 0 bridgehead atoms. The Morgan fingerprint density at radius 2 is 2.16 bits per heavy atom. The van der Waals surface area contributed by atoms with Gasteiger partial charge in [0.25, 0.3) is 5.91 Å². The molecule has 2 aromatic heterocycles. The lowest BCUT2D eigenvalue weighted by atomic mass is 9.90. The number of anilines is 1. The van der Waals surface area contributed by atoms with E-state index >= 15 is 0 Å². The number of morpholine rings is 1. The standard InChI is InChI=1S/C18H22N4O3/c1-14-3-4-15(25-14)17(23)22-9-10-24-18(13-22)5-2-8-21(12-18)16-11-19-6-7-20-16/h3-4,6-7,11H,2,5,8-10,12-13H2,1H3/t18-/m1/s1. The van der Waals surface area contributed by atoms with Crippen molar-refractivity contribution in [2.75, 3.05) is 37.7 Å². The van der Waals surface area contributed by atoms with Gasteiger partial charge in [-0.2, -0.15) is 0 Å². The highest BCUT2D eigenvalue weighted by Crippen LogP contribution is 2.31. The third-order valence-corrected chi connectivity index (χ3v) is 4.90. The lowest BCUT2D eigenvalue weighted by Gasteiger charge is -2.48. The Hall–Kier alpha value is -2.41. The Morgan fingerprint density at radius 1 is 1.24 bits per heavy atom. The van der Waals surface area contributed by atoms with Crippen LogP contribution in [-0.2, 0) is 4.74 Å². The zero-order valence-corrected chi connectivity index (χ0v) is 14.4. The maximum atomic E-state index is 12.7. The second-order valence-electron chi connectivity index (χ2n) is 6.76. The van der Waals surface area contributed by atoms with E-state index in [1.54, 1.807) is 24.7 Å². The molecular weight excluding hydrogens is 320 g/mol. The highest BCUT2D eigenvalue weighted by Gasteiger charge is 2.42. The molecular formula is C18H22N4O3. The number of carbonyl (C=O) groups is 1. The van der Waals surface area contributed by atoms with Gasteiger partial charge in [-0.3, -0.25) is 9.78 Å². The topological polar surface area (TPSA) is 71.7 Å². The first-order valence-electron chi connectivity index (χ1n) is 8.66. The quantitative estimate of drug-likeness (QED) is 0.830. The molecule has 0 aliphatic carbocycles. The molecule has 2 saturated heterocycles. The van der Waals surface area contributed by atoms with Crippen molar-refractivity contribution in [3.05, 3.63) is 42.2 Å². The van der Waals surface area contributed by atoms with Gasteiger partial charge >= 0.3 is 0 Å². The molecule has 2 fully saturated rings. The van der Waals surface area contributed by atoms with Gasteiger partial charge in [-0.1, -0.05) is 0 Å². The summed E-state index contributed by atoms with van der Waals surface area (Å²) in [6.45, 7) is 5.19. The summed E-state index contributed by atoms with van der Waals surface area (Å²) in [5.74, 6) is 1.94. The fourth-order valence-corrected chi connectivity index (χ4v) is 3.72. The fraction of sp³-hybridized carbons (Fsp3) is 0.500. The van der Waals surface area contributed by atoms with E-state index in [0.717, 1.165) is 31.0 Å². The summed E-state index contributed by atoms with van der Waals surface area (Å²) in [7, 11) is 0. The zero-order chi connectivity index (χ0) is 17.3. The first kappa shape index (κ1) is 16.1. The van der Waals surface area contributed by atoms with Gasteiger partial charge in [-0.25, -0.2) is 4.98 Å². The first-order chi connectivity index (χ1) is 12.2. The monoisotopic (exact) mass is 342 g/mol. The van der Waals surface area contributed by atoms with Crippen LogP contribution in [-0.4, -0.2) is 59.2 Å². The largest absolute Gasteiger partial charge is 0.456 e. The molecule has 2 aliphatic rings. The number of hydrogen-bond donors (Lipinski definition) is 0. The van der Waals surface area contributed by atoms with Crippen molar-refractivity contribution in [2.45, 2.75) is 25.4 Å². The number of amides is 1. The van der Waals surface area contributed by atoms with E-state index in [9.17, 15) is 4.79 Å². The third-order valence-electron chi connectivity index (χ3n) is 4.90. The molecule has 1 atom stereocenters. The highest BCUT2D eigenvalue weighted by molar-refractivity contribution is 5.91. The van der Waals surface area contributed by atoms with Gasteiger partial charge in [-0.05, 0) is 31.9 Å². The molecule has 2 aromatic rings. The molecule has 132 valence electrons. The molecule has 0 saturated carbocycles. The summed E-state index contributed by atoms with van der Waals surface area (Å²) in [4.78, 5) is 25.3. The van der Waals surface area contributed by atoms with E-state index in [4.69, 9.17) is 9.15 Å². The predicted octanol–water partition coefficient (Wildman–Crippen LogP) is 1.89. The SMILES string of the molecule is Cc1ccc(C(=O)N2CCO[C@@]3(CCCN(c4cnccn4)C3)C2)o1. The van der Waals surface area contributed by atoms with Gasteiger partial charge in [-0.15, -0.1) is 0 Å². The van der Waals surface area contributed by atoms with E-state index < -0.39 is 0 Å². The fourth-order valence-electron chi connectivity index (χ4n) is 3.72. The van der Waals surface area contributed by atoms with Crippen LogP contribution >= 0.6 is 0 Å². The number of nitrogens with zero attached hydrogens (tertiary/aromatic N) is 4. The average molecular weight is 342 g/mol. The zero-order valence-electron chi connectivity index (χ0n) is 14.4. The lowest BCUT2D eigenvalue weighted by Crippen LogP contribution is -2.61. The normalized spacial score (nSPS) is 23.9. The number of furan rings is 1. The van der Waals surface area contributed by atoms with Gasteiger partial charge in [0, 0.05) is 25.5 Å². The molecule has 7 heteroatoms. The molecule has 4 heterocycles. The van der Waals surface area contributed by atoms with Crippen molar-refractivity contribution >= 4 is 11.7 Å². The Balaban J connectivity index is 1.50. The Kier molecular flexibility index (Phi) is 4.17. The maximum absolute atomic E-state index is 12.7. The van der Waals surface area contributed by atoms with E-state index in [2.05, 4.69) is 14.9 Å². The van der Waals surface area contributed by atoms with Crippen molar-refractivity contribution in [2.24, 2.45) is 0 Å². The molecule has 0 unspecified atom stereocenters. The van der Waals surface area contributed by atoms with Crippen LogP contribution in [0.3, 0.4) is 0 Å². The molecule has 1 spiro atoms. The minimum Gasteiger partial charge on any atom is -0.456 e. The molecule has 4 rings (SSSR count). The van der Waals surface area contributed by atoms with Crippen LogP contribution in [0, 0.1) is 6.92 Å². The Labute approximate surface area is 146 Å². The smallest absolute Gasteiger partial charge is 0.289 e. The van der Waals surface area contributed by atoms with Crippen molar-refractivity contribution in [1.29, 1.82) is 0 Å². The van der Waals surface area contributed by atoms with Crippen LogP contribution in [0.25, 0.3) is 0 Å². The van der Waals surface area contributed by atoms with Crippen molar-refractivity contribution in [3.8, 4) is 0 Å². The van der Waals surface area contributed by atoms with Crippen LogP contribution < -0.4 is 4.90 Å². The summed E-state index contributed by atoms with van der Waals surface area (Å²) >= 11 is 0. The first-order valence-corrected chi connectivity index (χ1v) is 8.66. The van der Waals surface area contributed by atoms with Gasteiger partial charge in [0.2, 0.25) is 0 Å². The summed E-state index contributed by atoms with van der Waals surface area (Å²) < 4.78 is 11.7. The number of carbonyl (C=O) groups excluding carboxylic acids is 1. The number of aromatic nitrogens is 2. The van der Waals surface area contributed by atoms with Crippen molar-refractivity contribution < 1.29 is 13.9 Å². The number of rotatable bonds is 2. The molecule has 25 heavy (non-hydrogen) atoms. The number of aryl methyl sites for hydroxylation is 1. The van der Waals surface area contributed by atoms with E-state index in [1.807, 2.05) is 17.9 Å². The molecule has 0 N–H and O–H groups in total. The average Bonchev–Trinajstić information content (AvgIpc) is 3.08. The van der Waals surface area contributed by atoms with Crippen LogP contribution in [0.4, 0.5) is 5.82 Å². The summed E-state index contributed by atoms with van der Waals surface area (Å²) in [6.07, 6.45) is 7.08. The number of hydrogen-bond acceptors (Lipinski definition) is 6. The lowest BCUT2D eigenvalue weighted by molar-refractivity contribution is -0.105. The van der Waals surface area contributed by atoms with Crippen LogP contribution in [0.5, 0.6) is 0 Å². The van der Waals surface area contributed by atoms with Crippen LogP contribution in [0.15, 0.2) is 35.1 Å². The minimum absolute atomic E-state index is 0.0626. The summed E-state index contributed by atoms with van der Waals surface area (Å²) in [5.41, 5.74) is -0.356. The summed E-state index contributed by atoms with van der Waals surface area (Å²) in [5, 5.41) is 0. The number of piperidine rings is 1. The Morgan fingerprint density at radius 3 is 2.92 bits per heavy atom. The highest BCUT2D eigenvalue weighted by atomic mass is 16.5. The summed E-state index contributed by atoms with van der Waals surface area (Å²) in [6, 6.07) is 3.56. The molecule has 7 nitrogen and oxygen atoms in total. The van der Waals surface area contributed by atoms with Gasteiger partial charge in [0.1, 0.15) is 17.2 Å². The van der Waals surface area contributed by atoms with Gasteiger partial charge in [0.05, 0.1) is 25.9 Å². The van der Waals surface area contributed by atoms with Gasteiger partial charge < -0.3 is 19.0 Å². The van der Waals surface area contributed by atoms with Crippen molar-refractivity contribution in [3.63, 3.8) is 0 Å². The van der Waals surface area contributed by atoms with E-state index in [0.29, 0.717) is 32.0 Å². The minimum atomic E-state index is -0.356. The Bertz CT molecular complexity index is 744. The van der Waals surface area contributed by atoms with E-state index in [1.165, 1.54) is 0 Å². The van der Waals surface area contributed by atoms with Crippen molar-refractivity contribution in [1.82, 2.24) is 14.9 Å². The maximum Gasteiger partial charge on any atom is 0.289 e. The second kappa shape index (κ2) is 6.48. The van der Waals surface area contributed by atoms with E-state index in [-0.39, 0.29) is 11.5 Å².